The van der Waals surface area contributed by atoms with Gasteiger partial charge in [0.15, 0.2) is 5.56 Å². The molecule has 0 fully saturated rings. The SMILES string of the molecule is CCC(N)(CC)CNC(=O)c1c(OC)ncnc1OC. The van der Waals surface area contributed by atoms with E-state index in [2.05, 4.69) is 15.3 Å². The van der Waals surface area contributed by atoms with E-state index in [1.165, 1.54) is 20.5 Å². The van der Waals surface area contributed by atoms with Gasteiger partial charge in [-0.05, 0) is 12.8 Å². The minimum Gasteiger partial charge on any atom is -0.480 e. The van der Waals surface area contributed by atoms with Crippen LogP contribution in [0.3, 0.4) is 0 Å². The summed E-state index contributed by atoms with van der Waals surface area (Å²) in [6, 6.07) is 0. The maximum absolute atomic E-state index is 12.3. The van der Waals surface area contributed by atoms with E-state index < -0.39 is 5.54 Å². The Morgan fingerprint density at radius 3 is 2.15 bits per heavy atom. The molecule has 1 heterocycles. The van der Waals surface area contributed by atoms with E-state index in [0.717, 1.165) is 12.8 Å². The highest BCUT2D eigenvalue weighted by molar-refractivity contribution is 5.98. The summed E-state index contributed by atoms with van der Waals surface area (Å²) in [5.74, 6) is -0.0223. The van der Waals surface area contributed by atoms with Gasteiger partial charge in [-0.1, -0.05) is 13.8 Å². The third-order valence-electron chi connectivity index (χ3n) is 3.40. The van der Waals surface area contributed by atoms with Gasteiger partial charge in [0.05, 0.1) is 14.2 Å². The van der Waals surface area contributed by atoms with E-state index in [4.69, 9.17) is 15.2 Å². The van der Waals surface area contributed by atoms with Crippen LogP contribution in [0.1, 0.15) is 37.0 Å². The Balaban J connectivity index is 2.92. The predicted molar refractivity (Wildman–Crippen MR) is 75.0 cm³/mol. The maximum atomic E-state index is 12.3. The van der Waals surface area contributed by atoms with Crippen molar-refractivity contribution < 1.29 is 14.3 Å². The fourth-order valence-corrected chi connectivity index (χ4v) is 1.70. The van der Waals surface area contributed by atoms with Gasteiger partial charge in [0.25, 0.3) is 5.91 Å². The Morgan fingerprint density at radius 2 is 1.75 bits per heavy atom. The lowest BCUT2D eigenvalue weighted by Gasteiger charge is -2.26. The largest absolute Gasteiger partial charge is 0.480 e. The standard InChI is InChI=1S/C13H22N4O3/c1-5-13(14,6-2)7-15-10(18)9-11(19-3)16-8-17-12(9)20-4/h8H,5-7,14H2,1-4H3,(H,15,18). The molecule has 7 nitrogen and oxygen atoms in total. The molecule has 0 radical (unpaired) electrons. The highest BCUT2D eigenvalue weighted by Crippen LogP contribution is 2.23. The van der Waals surface area contributed by atoms with Crippen LogP contribution in [0.15, 0.2) is 6.33 Å². The van der Waals surface area contributed by atoms with Gasteiger partial charge in [-0.3, -0.25) is 4.79 Å². The van der Waals surface area contributed by atoms with E-state index in [-0.39, 0.29) is 23.2 Å². The molecule has 0 bridgehead atoms. The van der Waals surface area contributed by atoms with E-state index in [9.17, 15) is 4.79 Å². The van der Waals surface area contributed by atoms with Crippen molar-refractivity contribution in [2.75, 3.05) is 20.8 Å². The van der Waals surface area contributed by atoms with Crippen molar-refractivity contribution in [1.82, 2.24) is 15.3 Å². The van der Waals surface area contributed by atoms with Gasteiger partial charge in [0.2, 0.25) is 11.8 Å². The molecule has 7 heteroatoms. The third kappa shape index (κ3) is 3.57. The summed E-state index contributed by atoms with van der Waals surface area (Å²) in [6.45, 7) is 4.34. The molecule has 0 aliphatic heterocycles. The summed E-state index contributed by atoms with van der Waals surface area (Å²) in [5.41, 5.74) is 5.90. The first-order chi connectivity index (χ1) is 9.51. The molecule has 0 saturated carbocycles. The number of carbonyl (C=O) groups is 1. The monoisotopic (exact) mass is 282 g/mol. The molecule has 0 atom stereocenters. The third-order valence-corrected chi connectivity index (χ3v) is 3.40. The Kier molecular flexibility index (Phi) is 5.69. The molecule has 3 N–H and O–H groups in total. The van der Waals surface area contributed by atoms with E-state index in [1.54, 1.807) is 0 Å². The highest BCUT2D eigenvalue weighted by Gasteiger charge is 2.25. The second-order valence-corrected chi connectivity index (χ2v) is 4.52. The van der Waals surface area contributed by atoms with Gasteiger partial charge in [0, 0.05) is 12.1 Å². The van der Waals surface area contributed by atoms with Gasteiger partial charge in [-0.2, -0.15) is 0 Å². The van der Waals surface area contributed by atoms with Gasteiger partial charge < -0.3 is 20.5 Å². The average molecular weight is 282 g/mol. The Hall–Kier alpha value is -1.89. The summed E-state index contributed by atoms with van der Waals surface area (Å²) < 4.78 is 10.1. The maximum Gasteiger partial charge on any atom is 0.262 e. The van der Waals surface area contributed by atoms with Crippen molar-refractivity contribution in [1.29, 1.82) is 0 Å². The molecule has 1 rings (SSSR count). The number of methoxy groups -OCH3 is 2. The number of nitrogens with zero attached hydrogens (tertiary/aromatic N) is 2. The molecule has 0 aliphatic carbocycles. The lowest BCUT2D eigenvalue weighted by atomic mass is 9.94. The van der Waals surface area contributed by atoms with Crippen LogP contribution in [0.4, 0.5) is 0 Å². The number of hydrogen-bond donors (Lipinski definition) is 2. The van der Waals surface area contributed by atoms with E-state index >= 15 is 0 Å². The summed E-state index contributed by atoms with van der Waals surface area (Å²) in [7, 11) is 2.87. The summed E-state index contributed by atoms with van der Waals surface area (Å²) in [5, 5.41) is 2.79. The average Bonchev–Trinajstić information content (AvgIpc) is 2.51. The first kappa shape index (κ1) is 16.2. The van der Waals surface area contributed by atoms with Gasteiger partial charge in [-0.15, -0.1) is 0 Å². The highest BCUT2D eigenvalue weighted by atomic mass is 16.5. The molecule has 1 aromatic heterocycles. The molecule has 0 spiro atoms. The Bertz CT molecular complexity index is 439. The van der Waals surface area contributed by atoms with Crippen LogP contribution in [-0.2, 0) is 0 Å². The molecular weight excluding hydrogens is 260 g/mol. The molecular formula is C13H22N4O3. The van der Waals surface area contributed by atoms with Crippen molar-refractivity contribution in [3.05, 3.63) is 11.9 Å². The van der Waals surface area contributed by atoms with Crippen LogP contribution in [-0.4, -0.2) is 42.2 Å². The molecule has 112 valence electrons. The van der Waals surface area contributed by atoms with Crippen LogP contribution in [0, 0.1) is 0 Å². The van der Waals surface area contributed by atoms with Crippen molar-refractivity contribution in [3.8, 4) is 11.8 Å². The van der Waals surface area contributed by atoms with E-state index in [0.29, 0.717) is 6.54 Å². The number of amides is 1. The second kappa shape index (κ2) is 7.04. The van der Waals surface area contributed by atoms with Gasteiger partial charge >= 0.3 is 0 Å². The number of carbonyl (C=O) groups excluding carboxylic acids is 1. The first-order valence-corrected chi connectivity index (χ1v) is 6.51. The Morgan fingerprint density at radius 1 is 1.25 bits per heavy atom. The van der Waals surface area contributed by atoms with Crippen molar-refractivity contribution in [2.24, 2.45) is 5.73 Å². The lowest BCUT2D eigenvalue weighted by molar-refractivity contribution is 0.0934. The van der Waals surface area contributed by atoms with Crippen LogP contribution in [0.2, 0.25) is 0 Å². The molecule has 0 unspecified atom stereocenters. The zero-order valence-electron chi connectivity index (χ0n) is 12.4. The topological polar surface area (TPSA) is 99.4 Å². The van der Waals surface area contributed by atoms with Crippen LogP contribution in [0.5, 0.6) is 11.8 Å². The quantitative estimate of drug-likeness (QED) is 0.765. The van der Waals surface area contributed by atoms with Crippen molar-refractivity contribution in [3.63, 3.8) is 0 Å². The molecule has 0 saturated heterocycles. The zero-order valence-corrected chi connectivity index (χ0v) is 12.4. The van der Waals surface area contributed by atoms with Crippen LogP contribution < -0.4 is 20.5 Å². The minimum atomic E-state index is -0.425. The summed E-state index contributed by atoms with van der Waals surface area (Å²) in [4.78, 5) is 20.1. The molecule has 1 aromatic rings. The van der Waals surface area contributed by atoms with Gasteiger partial charge in [-0.25, -0.2) is 9.97 Å². The number of rotatable bonds is 7. The molecule has 0 aliphatic rings. The normalized spacial score (nSPS) is 11.1. The summed E-state index contributed by atoms with van der Waals surface area (Å²) >= 11 is 0. The number of aromatic nitrogens is 2. The van der Waals surface area contributed by atoms with Crippen LogP contribution >= 0.6 is 0 Å². The fraction of sp³-hybridized carbons (Fsp3) is 0.615. The number of ether oxygens (including phenoxy) is 2. The molecule has 20 heavy (non-hydrogen) atoms. The van der Waals surface area contributed by atoms with Gasteiger partial charge in [0.1, 0.15) is 6.33 Å². The first-order valence-electron chi connectivity index (χ1n) is 6.51. The minimum absolute atomic E-state index is 0.171. The molecule has 1 amide bonds. The lowest BCUT2D eigenvalue weighted by Crippen LogP contribution is -2.49. The fourth-order valence-electron chi connectivity index (χ4n) is 1.70. The predicted octanol–water partition coefficient (Wildman–Crippen LogP) is 0.741. The smallest absolute Gasteiger partial charge is 0.262 e. The Labute approximate surface area is 118 Å². The summed E-state index contributed by atoms with van der Waals surface area (Å²) in [6.07, 6.45) is 2.81. The van der Waals surface area contributed by atoms with Crippen LogP contribution in [0.25, 0.3) is 0 Å². The van der Waals surface area contributed by atoms with Crippen molar-refractivity contribution in [2.45, 2.75) is 32.2 Å². The number of nitrogens with one attached hydrogen (secondary N) is 1. The zero-order chi connectivity index (χ0) is 15.2. The van der Waals surface area contributed by atoms with E-state index in [1.807, 2.05) is 13.8 Å². The second-order valence-electron chi connectivity index (χ2n) is 4.52. The molecule has 0 aromatic carbocycles. The number of hydrogen-bond acceptors (Lipinski definition) is 6. The van der Waals surface area contributed by atoms with Crippen molar-refractivity contribution >= 4 is 5.91 Å². The number of nitrogens with two attached hydrogens (primary N) is 1.